The number of rotatable bonds is 6. The molecule has 0 aliphatic heterocycles. The molecule has 0 fully saturated rings. The van der Waals surface area contributed by atoms with E-state index in [9.17, 15) is 10.2 Å². The second kappa shape index (κ2) is 6.42. The topological polar surface area (TPSA) is 94.2 Å². The molecule has 1 aromatic carbocycles. The number of aromatic nitrogens is 1. The third-order valence-electron chi connectivity index (χ3n) is 4.05. The van der Waals surface area contributed by atoms with Crippen molar-refractivity contribution < 1.29 is 28.8 Å². The van der Waals surface area contributed by atoms with Gasteiger partial charge in [0, 0.05) is 11.5 Å². The summed E-state index contributed by atoms with van der Waals surface area (Å²) in [6.45, 7) is 2.94. The van der Waals surface area contributed by atoms with E-state index in [2.05, 4.69) is 4.98 Å². The normalized spacial score (nSPS) is 13.2. The quantitative estimate of drug-likeness (QED) is 0.707. The van der Waals surface area contributed by atoms with Crippen molar-refractivity contribution in [1.82, 2.24) is 4.98 Å². The number of aliphatic hydroxyl groups excluding tert-OH is 1. The maximum atomic E-state index is 9.97. The van der Waals surface area contributed by atoms with Crippen LogP contribution in [-0.4, -0.2) is 47.7 Å². The number of nitrogens with zero attached hydrogens (tertiary/aromatic N) is 1. The molecule has 2 N–H and O–H groups in total. The van der Waals surface area contributed by atoms with Gasteiger partial charge in [0.05, 0.1) is 37.0 Å². The molecule has 0 aliphatic carbocycles. The fourth-order valence-electron chi connectivity index (χ4n) is 2.50. The first-order valence-electron chi connectivity index (χ1n) is 7.81. The van der Waals surface area contributed by atoms with E-state index in [0.717, 1.165) is 10.8 Å². The zero-order valence-corrected chi connectivity index (χ0v) is 14.6. The van der Waals surface area contributed by atoms with Crippen molar-refractivity contribution in [3.05, 3.63) is 24.5 Å². The molecule has 134 valence electrons. The molecule has 7 nitrogen and oxygen atoms in total. The van der Waals surface area contributed by atoms with Gasteiger partial charge < -0.3 is 28.8 Å². The zero-order valence-electron chi connectivity index (χ0n) is 14.6. The molecule has 1 unspecified atom stereocenters. The Morgan fingerprint density at radius 2 is 1.92 bits per heavy atom. The smallest absolute Gasteiger partial charge is 0.230 e. The van der Waals surface area contributed by atoms with Crippen molar-refractivity contribution >= 4 is 22.0 Å². The highest BCUT2D eigenvalue weighted by Crippen LogP contribution is 2.39. The maximum Gasteiger partial charge on any atom is 0.230 e. The van der Waals surface area contributed by atoms with Crippen LogP contribution in [-0.2, 0) is 0 Å². The van der Waals surface area contributed by atoms with Crippen LogP contribution in [0.3, 0.4) is 0 Å². The molecule has 25 heavy (non-hydrogen) atoms. The molecule has 2 heterocycles. The Kier molecular flexibility index (Phi) is 4.45. The number of fused-ring (bicyclic) bond motifs is 2. The minimum atomic E-state index is -1.27. The third-order valence-corrected chi connectivity index (χ3v) is 4.05. The molecule has 0 bridgehead atoms. The second-order valence-corrected chi connectivity index (χ2v) is 6.29. The Hall–Kier alpha value is -2.51. The van der Waals surface area contributed by atoms with Crippen molar-refractivity contribution in [2.24, 2.45) is 0 Å². The zero-order chi connectivity index (χ0) is 18.2. The molecule has 0 saturated carbocycles. The number of benzene rings is 1. The van der Waals surface area contributed by atoms with E-state index < -0.39 is 11.7 Å². The van der Waals surface area contributed by atoms with Crippen LogP contribution < -0.4 is 14.2 Å². The van der Waals surface area contributed by atoms with Crippen LogP contribution >= 0.6 is 0 Å². The first-order valence-corrected chi connectivity index (χ1v) is 7.81. The molecule has 0 amide bonds. The Bertz CT molecular complexity index is 896. The summed E-state index contributed by atoms with van der Waals surface area (Å²) >= 11 is 0. The Morgan fingerprint density at radius 3 is 2.56 bits per heavy atom. The molecular weight excluding hydrogens is 326 g/mol. The number of pyridine rings is 1. The van der Waals surface area contributed by atoms with E-state index in [1.807, 2.05) is 0 Å². The standard InChI is InChI=1S/C18H21NO6/c1-18(2,21)15(20)9-25-14-7-11-12(8-13(14)22-3)19-17-10(5-6-24-17)16(11)23-4/h5-8,15,20-21H,9H2,1-4H3. The van der Waals surface area contributed by atoms with Crippen molar-refractivity contribution in [3.8, 4) is 17.2 Å². The van der Waals surface area contributed by atoms with Crippen LogP contribution in [0.25, 0.3) is 22.0 Å². The van der Waals surface area contributed by atoms with Gasteiger partial charge in [-0.3, -0.25) is 0 Å². The molecule has 0 spiro atoms. The van der Waals surface area contributed by atoms with E-state index in [1.165, 1.54) is 21.0 Å². The number of hydrogen-bond acceptors (Lipinski definition) is 7. The second-order valence-electron chi connectivity index (χ2n) is 6.29. The summed E-state index contributed by atoms with van der Waals surface area (Å²) in [7, 11) is 3.09. The van der Waals surface area contributed by atoms with Gasteiger partial charge in [0.2, 0.25) is 5.71 Å². The summed E-state index contributed by atoms with van der Waals surface area (Å²) in [4.78, 5) is 4.46. The van der Waals surface area contributed by atoms with Gasteiger partial charge in [-0.05, 0) is 26.0 Å². The summed E-state index contributed by atoms with van der Waals surface area (Å²) in [5.41, 5.74) is -0.171. The third kappa shape index (κ3) is 3.20. The van der Waals surface area contributed by atoms with Gasteiger partial charge in [-0.2, -0.15) is 0 Å². The van der Waals surface area contributed by atoms with E-state index in [0.29, 0.717) is 28.5 Å². The van der Waals surface area contributed by atoms with Crippen LogP contribution in [0.1, 0.15) is 13.8 Å². The molecule has 3 aromatic rings. The summed E-state index contributed by atoms with van der Waals surface area (Å²) < 4.78 is 21.9. The molecule has 0 radical (unpaired) electrons. The van der Waals surface area contributed by atoms with E-state index in [1.54, 1.807) is 31.6 Å². The van der Waals surface area contributed by atoms with Gasteiger partial charge in [-0.1, -0.05) is 0 Å². The van der Waals surface area contributed by atoms with Crippen LogP contribution in [0.15, 0.2) is 28.9 Å². The van der Waals surface area contributed by atoms with E-state index in [-0.39, 0.29) is 6.61 Å². The van der Waals surface area contributed by atoms with Crippen LogP contribution in [0.2, 0.25) is 0 Å². The summed E-state index contributed by atoms with van der Waals surface area (Å²) in [5, 5.41) is 21.3. The number of hydrogen-bond donors (Lipinski definition) is 2. The van der Waals surface area contributed by atoms with E-state index >= 15 is 0 Å². The number of methoxy groups -OCH3 is 2. The number of ether oxygens (including phenoxy) is 3. The molecule has 0 aliphatic rings. The first kappa shape index (κ1) is 17.3. The first-order chi connectivity index (χ1) is 11.8. The Balaban J connectivity index is 2.07. The highest BCUT2D eigenvalue weighted by molar-refractivity contribution is 6.00. The number of furan rings is 1. The molecule has 1 atom stereocenters. The highest BCUT2D eigenvalue weighted by atomic mass is 16.5. The van der Waals surface area contributed by atoms with Gasteiger partial charge in [0.1, 0.15) is 18.5 Å². The van der Waals surface area contributed by atoms with E-state index in [4.69, 9.17) is 18.6 Å². The van der Waals surface area contributed by atoms with Crippen LogP contribution in [0.5, 0.6) is 17.2 Å². The average molecular weight is 347 g/mol. The lowest BCUT2D eigenvalue weighted by atomic mass is 10.0. The Morgan fingerprint density at radius 1 is 1.16 bits per heavy atom. The predicted octanol–water partition coefficient (Wildman–Crippen LogP) is 2.51. The molecule has 7 heteroatoms. The molecular formula is C18H21NO6. The van der Waals surface area contributed by atoms with Gasteiger partial charge in [0.25, 0.3) is 0 Å². The number of aliphatic hydroxyl groups is 2. The van der Waals surface area contributed by atoms with Crippen molar-refractivity contribution in [2.45, 2.75) is 25.6 Å². The van der Waals surface area contributed by atoms with Crippen molar-refractivity contribution in [1.29, 1.82) is 0 Å². The average Bonchev–Trinajstić information content (AvgIpc) is 3.03. The van der Waals surface area contributed by atoms with Gasteiger partial charge in [0.15, 0.2) is 11.5 Å². The summed E-state index contributed by atoms with van der Waals surface area (Å²) in [6, 6.07) is 5.23. The van der Waals surface area contributed by atoms with Crippen LogP contribution in [0, 0.1) is 0 Å². The minimum absolute atomic E-state index is 0.0882. The van der Waals surface area contributed by atoms with Crippen LogP contribution in [0.4, 0.5) is 0 Å². The predicted molar refractivity (Wildman–Crippen MR) is 92.4 cm³/mol. The molecule has 0 saturated heterocycles. The van der Waals surface area contributed by atoms with Gasteiger partial charge in [-0.15, -0.1) is 0 Å². The summed E-state index contributed by atoms with van der Waals surface area (Å²) in [6.07, 6.45) is 0.497. The minimum Gasteiger partial charge on any atom is -0.495 e. The lowest BCUT2D eigenvalue weighted by molar-refractivity contribution is -0.0663. The lowest BCUT2D eigenvalue weighted by Gasteiger charge is -2.24. The maximum absolute atomic E-state index is 9.97. The monoisotopic (exact) mass is 347 g/mol. The molecule has 2 aromatic heterocycles. The lowest BCUT2D eigenvalue weighted by Crippen LogP contribution is -2.40. The largest absolute Gasteiger partial charge is 0.495 e. The fourth-order valence-corrected chi connectivity index (χ4v) is 2.50. The van der Waals surface area contributed by atoms with Gasteiger partial charge in [-0.25, -0.2) is 4.98 Å². The Labute approximate surface area is 144 Å². The van der Waals surface area contributed by atoms with Crippen molar-refractivity contribution in [3.63, 3.8) is 0 Å². The van der Waals surface area contributed by atoms with Crippen molar-refractivity contribution in [2.75, 3.05) is 20.8 Å². The fraction of sp³-hybridized carbons (Fsp3) is 0.389. The SMILES string of the molecule is COc1cc2nc3occc3c(OC)c2cc1OCC(O)C(C)(C)O. The van der Waals surface area contributed by atoms with Gasteiger partial charge >= 0.3 is 0 Å². The summed E-state index contributed by atoms with van der Waals surface area (Å²) in [5.74, 6) is 1.49. The highest BCUT2D eigenvalue weighted by Gasteiger charge is 2.26. The molecule has 3 rings (SSSR count).